The summed E-state index contributed by atoms with van der Waals surface area (Å²) in [5.41, 5.74) is 0. The second kappa shape index (κ2) is 26.5. The van der Waals surface area contributed by atoms with E-state index >= 15 is 0 Å². The first-order chi connectivity index (χ1) is 14.6. The molecule has 0 saturated carbocycles. The Kier molecular flexibility index (Phi) is 28.6. The van der Waals surface area contributed by atoms with Crippen LogP contribution < -0.4 is 12.4 Å². The molecular weight excluding hydrogens is 398 g/mol. The Hall–Kier alpha value is 0.250. The number of halogens is 1. The zero-order chi connectivity index (χ0) is 22.2. The van der Waals surface area contributed by atoms with Crippen molar-refractivity contribution in [3.63, 3.8) is 0 Å². The summed E-state index contributed by atoms with van der Waals surface area (Å²) in [5.74, 6) is 0. The fourth-order valence-electron chi connectivity index (χ4n) is 4.70. The molecule has 0 aromatic rings. The summed E-state index contributed by atoms with van der Waals surface area (Å²) < 4.78 is 1.24. The maximum absolute atomic E-state index is 2.45. The van der Waals surface area contributed by atoms with Crippen molar-refractivity contribution in [2.24, 2.45) is 0 Å². The average Bonchev–Trinajstić information content (AvgIpc) is 2.72. The van der Waals surface area contributed by atoms with E-state index in [2.05, 4.69) is 27.9 Å². The number of hydrogen-bond donors (Lipinski definition) is 0. The van der Waals surface area contributed by atoms with Gasteiger partial charge >= 0.3 is 0 Å². The van der Waals surface area contributed by atoms with Crippen LogP contribution in [0.5, 0.6) is 0 Å². The number of rotatable bonds is 25. The molecule has 0 fully saturated rings. The first-order valence-corrected chi connectivity index (χ1v) is 14.4. The van der Waals surface area contributed by atoms with Gasteiger partial charge in [0.05, 0.1) is 27.2 Å². The third kappa shape index (κ3) is 28.2. The van der Waals surface area contributed by atoms with Crippen LogP contribution in [0, 0.1) is 0 Å². The molecule has 0 heterocycles. The molecule has 0 radical (unpaired) electrons. The minimum atomic E-state index is 0. The highest BCUT2D eigenvalue weighted by molar-refractivity contribution is 4.50. The van der Waals surface area contributed by atoms with Crippen molar-refractivity contribution >= 4 is 0 Å². The Morgan fingerprint density at radius 3 is 0.742 bits per heavy atom. The summed E-state index contributed by atoms with van der Waals surface area (Å²) in [5, 5.41) is 0. The Morgan fingerprint density at radius 1 is 0.323 bits per heavy atom. The molecule has 0 rings (SSSR count). The van der Waals surface area contributed by atoms with E-state index in [9.17, 15) is 0 Å². The van der Waals surface area contributed by atoms with Gasteiger partial charge in [-0.1, -0.05) is 136 Å². The summed E-state index contributed by atoms with van der Waals surface area (Å²) in [6, 6.07) is 0. The van der Waals surface area contributed by atoms with Crippen molar-refractivity contribution in [2.75, 3.05) is 27.2 Å². The van der Waals surface area contributed by atoms with Crippen LogP contribution in [0.2, 0.25) is 0 Å². The molecular formula is C29H62ClN. The number of quaternary nitrogens is 1. The van der Waals surface area contributed by atoms with Crippen LogP contribution in [0.1, 0.15) is 162 Å². The standard InChI is InChI=1S/C29H62N.ClH/c1-5-7-9-11-13-14-15-16-17-18-19-20-21-23-25-27-29-30(3,4)28-26-24-22-12-10-8-6-2;/h5-29H2,1-4H3;1H/q+1;/p-1. The molecule has 190 valence electrons. The van der Waals surface area contributed by atoms with E-state index in [0.29, 0.717) is 0 Å². The topological polar surface area (TPSA) is 0 Å². The number of nitrogens with zero attached hydrogens (tertiary/aromatic N) is 1. The molecule has 0 atom stereocenters. The van der Waals surface area contributed by atoms with Gasteiger partial charge in [-0.2, -0.15) is 0 Å². The maximum Gasteiger partial charge on any atom is 0.0782 e. The third-order valence-corrected chi connectivity index (χ3v) is 6.98. The highest BCUT2D eigenvalue weighted by Gasteiger charge is 2.13. The molecule has 0 spiro atoms. The Bertz CT molecular complexity index is 316. The normalized spacial score (nSPS) is 11.6. The maximum atomic E-state index is 2.45. The lowest BCUT2D eigenvalue weighted by molar-refractivity contribution is -0.890. The minimum Gasteiger partial charge on any atom is -1.00 e. The van der Waals surface area contributed by atoms with E-state index < -0.39 is 0 Å². The molecule has 0 aromatic heterocycles. The first kappa shape index (κ1) is 33.4. The van der Waals surface area contributed by atoms with Crippen LogP contribution in [-0.4, -0.2) is 31.7 Å². The van der Waals surface area contributed by atoms with Gasteiger partial charge in [0.1, 0.15) is 0 Å². The molecule has 0 aliphatic carbocycles. The fourth-order valence-corrected chi connectivity index (χ4v) is 4.70. The molecule has 2 heteroatoms. The van der Waals surface area contributed by atoms with Gasteiger partial charge in [0, 0.05) is 0 Å². The summed E-state index contributed by atoms with van der Waals surface area (Å²) in [6.07, 6.45) is 33.5. The molecule has 0 aromatic carbocycles. The number of unbranched alkanes of at least 4 members (excludes halogenated alkanes) is 21. The summed E-state index contributed by atoms with van der Waals surface area (Å²) in [6.45, 7) is 7.37. The predicted molar refractivity (Wildman–Crippen MR) is 139 cm³/mol. The zero-order valence-corrected chi connectivity index (χ0v) is 23.3. The molecule has 0 amide bonds. The highest BCUT2D eigenvalue weighted by Crippen LogP contribution is 2.15. The lowest BCUT2D eigenvalue weighted by Gasteiger charge is -2.30. The van der Waals surface area contributed by atoms with Crippen LogP contribution >= 0.6 is 0 Å². The second-order valence-corrected chi connectivity index (χ2v) is 10.8. The van der Waals surface area contributed by atoms with Gasteiger partial charge in [0.15, 0.2) is 0 Å². The van der Waals surface area contributed by atoms with E-state index in [1.54, 1.807) is 0 Å². The molecule has 0 aliphatic rings. The lowest BCUT2D eigenvalue weighted by Crippen LogP contribution is -3.00. The quantitative estimate of drug-likeness (QED) is 0.101. The van der Waals surface area contributed by atoms with Crippen molar-refractivity contribution in [3.8, 4) is 0 Å². The van der Waals surface area contributed by atoms with Gasteiger partial charge in [0.25, 0.3) is 0 Å². The number of hydrogen-bond acceptors (Lipinski definition) is 0. The van der Waals surface area contributed by atoms with Crippen molar-refractivity contribution in [1.29, 1.82) is 0 Å². The predicted octanol–water partition coefficient (Wildman–Crippen LogP) is 7.08. The minimum absolute atomic E-state index is 0. The van der Waals surface area contributed by atoms with Crippen LogP contribution in [0.4, 0.5) is 0 Å². The molecule has 0 N–H and O–H groups in total. The van der Waals surface area contributed by atoms with Crippen LogP contribution in [-0.2, 0) is 0 Å². The van der Waals surface area contributed by atoms with Gasteiger partial charge in [-0.25, -0.2) is 0 Å². The van der Waals surface area contributed by atoms with Gasteiger partial charge < -0.3 is 16.9 Å². The SMILES string of the molecule is CCCCCCCCCCCCCCCCCC[N+](C)(C)CCCCCCCCC.[Cl-]. The van der Waals surface area contributed by atoms with E-state index in [0.717, 1.165) is 0 Å². The fraction of sp³-hybridized carbons (Fsp3) is 1.00. The molecule has 0 bridgehead atoms. The summed E-state index contributed by atoms with van der Waals surface area (Å²) in [7, 11) is 4.89. The smallest absolute Gasteiger partial charge is 0.0782 e. The second-order valence-electron chi connectivity index (χ2n) is 10.8. The van der Waals surface area contributed by atoms with Gasteiger partial charge in [-0.05, 0) is 25.7 Å². The highest BCUT2D eigenvalue weighted by atomic mass is 35.5. The van der Waals surface area contributed by atoms with Gasteiger partial charge in [-0.15, -0.1) is 0 Å². The van der Waals surface area contributed by atoms with E-state index in [-0.39, 0.29) is 12.4 Å². The molecule has 1 nitrogen and oxygen atoms in total. The zero-order valence-electron chi connectivity index (χ0n) is 22.5. The van der Waals surface area contributed by atoms with Gasteiger partial charge in [0.2, 0.25) is 0 Å². The third-order valence-electron chi connectivity index (χ3n) is 6.98. The Labute approximate surface area is 205 Å². The van der Waals surface area contributed by atoms with E-state index in [1.165, 1.54) is 165 Å². The van der Waals surface area contributed by atoms with Gasteiger partial charge in [-0.3, -0.25) is 0 Å². The summed E-state index contributed by atoms with van der Waals surface area (Å²) in [4.78, 5) is 0. The monoisotopic (exact) mass is 459 g/mol. The largest absolute Gasteiger partial charge is 1.00 e. The van der Waals surface area contributed by atoms with E-state index in [4.69, 9.17) is 0 Å². The van der Waals surface area contributed by atoms with Crippen molar-refractivity contribution in [2.45, 2.75) is 162 Å². The Balaban J connectivity index is 0. The van der Waals surface area contributed by atoms with E-state index in [1.807, 2.05) is 0 Å². The Morgan fingerprint density at radius 2 is 0.516 bits per heavy atom. The summed E-state index contributed by atoms with van der Waals surface area (Å²) >= 11 is 0. The molecule has 0 aliphatic heterocycles. The van der Waals surface area contributed by atoms with Crippen molar-refractivity contribution < 1.29 is 16.9 Å². The molecule has 0 unspecified atom stereocenters. The van der Waals surface area contributed by atoms with Crippen LogP contribution in [0.25, 0.3) is 0 Å². The first-order valence-electron chi connectivity index (χ1n) is 14.4. The average molecular weight is 460 g/mol. The van der Waals surface area contributed by atoms with Crippen LogP contribution in [0.15, 0.2) is 0 Å². The lowest BCUT2D eigenvalue weighted by atomic mass is 10.0. The molecule has 0 saturated heterocycles. The van der Waals surface area contributed by atoms with Crippen LogP contribution in [0.3, 0.4) is 0 Å². The van der Waals surface area contributed by atoms with Crippen molar-refractivity contribution in [3.05, 3.63) is 0 Å². The van der Waals surface area contributed by atoms with Crippen molar-refractivity contribution in [1.82, 2.24) is 0 Å². The molecule has 31 heavy (non-hydrogen) atoms.